The van der Waals surface area contributed by atoms with Crippen LogP contribution in [0.25, 0.3) is 0 Å². The first kappa shape index (κ1) is 11.8. The summed E-state index contributed by atoms with van der Waals surface area (Å²) in [4.78, 5) is 1.33. The van der Waals surface area contributed by atoms with Gasteiger partial charge in [-0.3, -0.25) is 0 Å². The molecular formula is C13H14BrNS. The van der Waals surface area contributed by atoms with Crippen LogP contribution in [-0.4, -0.2) is 7.05 Å². The van der Waals surface area contributed by atoms with E-state index in [9.17, 15) is 0 Å². The van der Waals surface area contributed by atoms with Crippen LogP contribution in [0.3, 0.4) is 0 Å². The molecule has 1 atom stereocenters. The maximum atomic E-state index is 3.59. The Morgan fingerprint density at radius 1 is 1.31 bits per heavy atom. The smallest absolute Gasteiger partial charge is 0.0680 e. The second kappa shape index (κ2) is 5.13. The molecule has 0 radical (unpaired) electrons. The van der Waals surface area contributed by atoms with Crippen LogP contribution >= 0.6 is 27.3 Å². The minimum absolute atomic E-state index is 0.272. The molecular weight excluding hydrogens is 282 g/mol. The van der Waals surface area contributed by atoms with Crippen molar-refractivity contribution in [2.45, 2.75) is 13.0 Å². The van der Waals surface area contributed by atoms with Crippen molar-refractivity contribution in [3.8, 4) is 0 Å². The highest BCUT2D eigenvalue weighted by atomic mass is 79.9. The summed E-state index contributed by atoms with van der Waals surface area (Å²) >= 11 is 5.37. The minimum atomic E-state index is 0.272. The van der Waals surface area contributed by atoms with E-state index in [1.165, 1.54) is 20.5 Å². The van der Waals surface area contributed by atoms with Gasteiger partial charge in [0.2, 0.25) is 0 Å². The molecule has 1 aromatic heterocycles. The third-order valence-corrected chi connectivity index (χ3v) is 4.51. The highest BCUT2D eigenvalue weighted by Crippen LogP contribution is 2.33. The summed E-state index contributed by atoms with van der Waals surface area (Å²) in [5, 5.41) is 5.48. The van der Waals surface area contributed by atoms with Crippen LogP contribution in [0, 0.1) is 6.92 Å². The molecule has 0 saturated heterocycles. The lowest BCUT2D eigenvalue weighted by Gasteiger charge is -2.16. The van der Waals surface area contributed by atoms with Gasteiger partial charge in [0, 0.05) is 9.35 Å². The normalized spacial score (nSPS) is 12.7. The van der Waals surface area contributed by atoms with Gasteiger partial charge in [0.15, 0.2) is 0 Å². The summed E-state index contributed by atoms with van der Waals surface area (Å²) in [6.07, 6.45) is 0. The monoisotopic (exact) mass is 295 g/mol. The maximum absolute atomic E-state index is 3.59. The van der Waals surface area contributed by atoms with Crippen LogP contribution in [0.2, 0.25) is 0 Å². The lowest BCUT2D eigenvalue weighted by molar-refractivity contribution is 0.701. The van der Waals surface area contributed by atoms with Gasteiger partial charge < -0.3 is 5.32 Å². The zero-order valence-electron chi connectivity index (χ0n) is 9.33. The van der Waals surface area contributed by atoms with Crippen LogP contribution in [0.4, 0.5) is 0 Å². The molecule has 3 heteroatoms. The Kier molecular flexibility index (Phi) is 3.79. The first-order valence-corrected chi connectivity index (χ1v) is 6.86. The number of benzene rings is 1. The van der Waals surface area contributed by atoms with Crippen molar-refractivity contribution < 1.29 is 0 Å². The number of aryl methyl sites for hydroxylation is 1. The Labute approximate surface area is 109 Å². The van der Waals surface area contributed by atoms with Gasteiger partial charge in [-0.15, -0.1) is 11.3 Å². The first-order valence-electron chi connectivity index (χ1n) is 5.19. The van der Waals surface area contributed by atoms with Crippen molar-refractivity contribution in [1.29, 1.82) is 0 Å². The molecule has 84 valence electrons. The van der Waals surface area contributed by atoms with Gasteiger partial charge in [-0.05, 0) is 46.9 Å². The van der Waals surface area contributed by atoms with Crippen LogP contribution in [0.15, 0.2) is 40.2 Å². The van der Waals surface area contributed by atoms with Crippen LogP contribution in [0.5, 0.6) is 0 Å². The molecule has 0 bridgehead atoms. The Balaban J connectivity index is 2.40. The molecule has 1 N–H and O–H groups in total. The summed E-state index contributed by atoms with van der Waals surface area (Å²) in [7, 11) is 2.00. The Morgan fingerprint density at radius 2 is 2.12 bits per heavy atom. The van der Waals surface area contributed by atoms with E-state index < -0.39 is 0 Å². The second-order valence-electron chi connectivity index (χ2n) is 3.77. The third-order valence-electron chi connectivity index (χ3n) is 2.57. The topological polar surface area (TPSA) is 12.0 Å². The van der Waals surface area contributed by atoms with Crippen molar-refractivity contribution in [3.63, 3.8) is 0 Å². The van der Waals surface area contributed by atoms with E-state index in [1.807, 2.05) is 7.05 Å². The van der Waals surface area contributed by atoms with Crippen LogP contribution in [0.1, 0.15) is 22.0 Å². The number of thiophene rings is 1. The minimum Gasteiger partial charge on any atom is -0.309 e. The fourth-order valence-corrected chi connectivity index (χ4v) is 3.55. The molecule has 1 heterocycles. The van der Waals surface area contributed by atoms with E-state index in [2.05, 4.69) is 63.9 Å². The molecule has 0 aliphatic carbocycles. The van der Waals surface area contributed by atoms with Crippen molar-refractivity contribution >= 4 is 27.3 Å². The number of hydrogen-bond donors (Lipinski definition) is 1. The number of rotatable bonds is 3. The zero-order chi connectivity index (χ0) is 11.5. The predicted molar refractivity (Wildman–Crippen MR) is 74.1 cm³/mol. The van der Waals surface area contributed by atoms with Crippen LogP contribution < -0.4 is 5.32 Å². The van der Waals surface area contributed by atoms with Gasteiger partial charge >= 0.3 is 0 Å². The average molecular weight is 296 g/mol. The van der Waals surface area contributed by atoms with E-state index in [0.717, 1.165) is 0 Å². The van der Waals surface area contributed by atoms with Gasteiger partial charge in [-0.2, -0.15) is 0 Å². The van der Waals surface area contributed by atoms with Crippen molar-refractivity contribution in [2.75, 3.05) is 7.05 Å². The lowest BCUT2D eigenvalue weighted by Crippen LogP contribution is -2.16. The molecule has 0 spiro atoms. The van der Waals surface area contributed by atoms with Crippen molar-refractivity contribution in [2.24, 2.45) is 0 Å². The largest absolute Gasteiger partial charge is 0.309 e. The molecule has 2 rings (SSSR count). The summed E-state index contributed by atoms with van der Waals surface area (Å²) in [6.45, 7) is 2.12. The van der Waals surface area contributed by atoms with Gasteiger partial charge in [0.25, 0.3) is 0 Å². The fourth-order valence-electron chi connectivity index (χ4n) is 1.81. The van der Waals surface area contributed by atoms with E-state index in [4.69, 9.17) is 0 Å². The number of halogens is 1. The van der Waals surface area contributed by atoms with Gasteiger partial charge in [-0.25, -0.2) is 0 Å². The summed E-state index contributed by atoms with van der Waals surface area (Å²) < 4.78 is 1.18. The second-order valence-corrected chi connectivity index (χ2v) is 5.57. The number of hydrogen-bond acceptors (Lipinski definition) is 2. The quantitative estimate of drug-likeness (QED) is 0.898. The molecule has 0 aliphatic heterocycles. The molecule has 2 aromatic rings. The maximum Gasteiger partial charge on any atom is 0.0680 e. The molecule has 0 fully saturated rings. The van der Waals surface area contributed by atoms with E-state index in [0.29, 0.717) is 0 Å². The van der Waals surface area contributed by atoms with E-state index in [1.54, 1.807) is 11.3 Å². The average Bonchev–Trinajstić information content (AvgIpc) is 2.67. The van der Waals surface area contributed by atoms with Crippen LogP contribution in [-0.2, 0) is 0 Å². The van der Waals surface area contributed by atoms with Gasteiger partial charge in [0.05, 0.1) is 6.04 Å². The van der Waals surface area contributed by atoms with Crippen molar-refractivity contribution in [3.05, 3.63) is 56.2 Å². The summed E-state index contributed by atoms with van der Waals surface area (Å²) in [6, 6.07) is 11.0. The van der Waals surface area contributed by atoms with E-state index >= 15 is 0 Å². The highest BCUT2D eigenvalue weighted by molar-refractivity contribution is 9.10. The summed E-state index contributed by atoms with van der Waals surface area (Å²) in [5.41, 5.74) is 2.61. The molecule has 16 heavy (non-hydrogen) atoms. The Morgan fingerprint density at radius 3 is 2.69 bits per heavy atom. The SMILES string of the molecule is CNC(c1cccc(C)c1)c1sccc1Br. The lowest BCUT2D eigenvalue weighted by atomic mass is 10.0. The summed E-state index contributed by atoms with van der Waals surface area (Å²) in [5.74, 6) is 0. The van der Waals surface area contributed by atoms with Crippen molar-refractivity contribution in [1.82, 2.24) is 5.32 Å². The molecule has 0 amide bonds. The van der Waals surface area contributed by atoms with E-state index in [-0.39, 0.29) is 6.04 Å². The standard InChI is InChI=1S/C13H14BrNS/c1-9-4-3-5-10(8-9)12(15-2)13-11(14)6-7-16-13/h3-8,12,15H,1-2H3. The molecule has 1 unspecified atom stereocenters. The molecule has 1 aromatic carbocycles. The predicted octanol–water partition coefficient (Wildman–Crippen LogP) is 4.13. The number of nitrogens with one attached hydrogen (secondary N) is 1. The third kappa shape index (κ3) is 2.37. The molecule has 1 nitrogen and oxygen atoms in total. The molecule has 0 aliphatic rings. The Hall–Kier alpha value is -0.640. The molecule has 0 saturated carbocycles. The highest BCUT2D eigenvalue weighted by Gasteiger charge is 2.15. The van der Waals surface area contributed by atoms with Gasteiger partial charge in [0.1, 0.15) is 0 Å². The fraction of sp³-hybridized carbons (Fsp3) is 0.231. The Bertz CT molecular complexity index is 478. The van der Waals surface area contributed by atoms with Gasteiger partial charge in [-0.1, -0.05) is 29.8 Å². The zero-order valence-corrected chi connectivity index (χ0v) is 11.7. The first-order chi connectivity index (χ1) is 7.72.